The van der Waals surface area contributed by atoms with Crippen LogP contribution in [0.1, 0.15) is 40.4 Å². The Morgan fingerprint density at radius 2 is 2.19 bits per heavy atom. The quantitative estimate of drug-likeness (QED) is 0.852. The minimum Gasteiger partial charge on any atom is -0.465 e. The highest BCUT2D eigenvalue weighted by atomic mass is 35.5. The van der Waals surface area contributed by atoms with Gasteiger partial charge in [-0.25, -0.2) is 4.79 Å². The third-order valence-corrected chi connectivity index (χ3v) is 3.54. The Kier molecular flexibility index (Phi) is 5.04. The highest BCUT2D eigenvalue weighted by Crippen LogP contribution is 2.19. The Morgan fingerprint density at radius 1 is 1.43 bits per heavy atom. The molecule has 0 aliphatic rings. The molecule has 4 nitrogen and oxygen atoms in total. The molecule has 0 saturated carbocycles. The van der Waals surface area contributed by atoms with Crippen LogP contribution in [-0.2, 0) is 11.3 Å². The van der Waals surface area contributed by atoms with Crippen LogP contribution in [0, 0.1) is 6.92 Å². The van der Waals surface area contributed by atoms with Crippen LogP contribution in [0.5, 0.6) is 0 Å². The first kappa shape index (κ1) is 15.6. The number of carbonyl (C=O) groups excluding carboxylic acids is 1. The first-order chi connectivity index (χ1) is 10.0. The molecule has 2 rings (SSSR count). The van der Waals surface area contributed by atoms with Crippen molar-refractivity contribution >= 4 is 17.6 Å². The van der Waals surface area contributed by atoms with E-state index in [-0.39, 0.29) is 12.0 Å². The third-order valence-electron chi connectivity index (χ3n) is 3.31. The van der Waals surface area contributed by atoms with E-state index in [0.717, 1.165) is 5.56 Å². The molecule has 0 spiro atoms. The van der Waals surface area contributed by atoms with E-state index in [2.05, 4.69) is 5.32 Å². The molecule has 0 aliphatic carbocycles. The van der Waals surface area contributed by atoms with Gasteiger partial charge in [-0.15, -0.1) is 0 Å². The predicted molar refractivity (Wildman–Crippen MR) is 81.5 cm³/mol. The van der Waals surface area contributed by atoms with Crippen molar-refractivity contribution < 1.29 is 13.9 Å². The lowest BCUT2D eigenvalue weighted by atomic mass is 10.1. The molecule has 0 saturated heterocycles. The number of esters is 1. The number of aryl methyl sites for hydroxylation is 1. The summed E-state index contributed by atoms with van der Waals surface area (Å²) < 4.78 is 10.3. The monoisotopic (exact) mass is 307 g/mol. The maximum Gasteiger partial charge on any atom is 0.341 e. The molecule has 0 aliphatic heterocycles. The average Bonchev–Trinajstić information content (AvgIpc) is 2.85. The summed E-state index contributed by atoms with van der Waals surface area (Å²) in [6.45, 7) is 4.31. The van der Waals surface area contributed by atoms with Crippen molar-refractivity contribution in [1.29, 1.82) is 0 Å². The van der Waals surface area contributed by atoms with Gasteiger partial charge in [0, 0.05) is 11.1 Å². The van der Waals surface area contributed by atoms with Crippen LogP contribution in [0.25, 0.3) is 0 Å². The van der Waals surface area contributed by atoms with Crippen molar-refractivity contribution in [2.24, 2.45) is 0 Å². The molecular weight excluding hydrogens is 290 g/mol. The second-order valence-corrected chi connectivity index (χ2v) is 5.27. The van der Waals surface area contributed by atoms with Crippen LogP contribution in [-0.4, -0.2) is 13.1 Å². The molecule has 1 aromatic carbocycles. The van der Waals surface area contributed by atoms with Crippen molar-refractivity contribution in [1.82, 2.24) is 5.32 Å². The Labute approximate surface area is 129 Å². The van der Waals surface area contributed by atoms with Gasteiger partial charge in [-0.2, -0.15) is 0 Å². The van der Waals surface area contributed by atoms with E-state index in [1.807, 2.05) is 31.2 Å². The Bertz CT molecular complexity index is 636. The zero-order chi connectivity index (χ0) is 15.4. The SMILES string of the molecule is COC(=O)c1cc(CNC(C)c2cccc(Cl)c2)oc1C. The smallest absolute Gasteiger partial charge is 0.341 e. The molecular formula is C16H18ClNO3. The number of rotatable bonds is 5. The van der Waals surface area contributed by atoms with Crippen molar-refractivity contribution in [2.45, 2.75) is 26.4 Å². The molecule has 0 fully saturated rings. The number of methoxy groups -OCH3 is 1. The van der Waals surface area contributed by atoms with E-state index in [9.17, 15) is 4.79 Å². The topological polar surface area (TPSA) is 51.5 Å². The molecule has 0 amide bonds. The van der Waals surface area contributed by atoms with Crippen LogP contribution in [0.2, 0.25) is 5.02 Å². The molecule has 2 aromatic rings. The Hall–Kier alpha value is -1.78. The number of nitrogens with one attached hydrogen (secondary N) is 1. The van der Waals surface area contributed by atoms with Gasteiger partial charge in [0.25, 0.3) is 0 Å². The van der Waals surface area contributed by atoms with Gasteiger partial charge in [-0.05, 0) is 37.6 Å². The summed E-state index contributed by atoms with van der Waals surface area (Å²) in [5, 5.41) is 4.05. The van der Waals surface area contributed by atoms with E-state index in [0.29, 0.717) is 28.7 Å². The number of hydrogen-bond donors (Lipinski definition) is 1. The largest absolute Gasteiger partial charge is 0.465 e. The second kappa shape index (κ2) is 6.78. The maximum atomic E-state index is 11.5. The van der Waals surface area contributed by atoms with Gasteiger partial charge < -0.3 is 14.5 Å². The summed E-state index contributed by atoms with van der Waals surface area (Å²) in [7, 11) is 1.36. The van der Waals surface area contributed by atoms with Crippen LogP contribution in [0.3, 0.4) is 0 Å². The van der Waals surface area contributed by atoms with Gasteiger partial charge in [0.15, 0.2) is 0 Å². The molecule has 1 N–H and O–H groups in total. The average molecular weight is 308 g/mol. The summed E-state index contributed by atoms with van der Waals surface area (Å²) in [4.78, 5) is 11.5. The first-order valence-electron chi connectivity index (χ1n) is 6.67. The third kappa shape index (κ3) is 3.86. The lowest BCUT2D eigenvalue weighted by molar-refractivity contribution is 0.0599. The van der Waals surface area contributed by atoms with Gasteiger partial charge in [-0.3, -0.25) is 0 Å². The molecule has 1 atom stereocenters. The number of benzene rings is 1. The number of halogens is 1. The van der Waals surface area contributed by atoms with Gasteiger partial charge in [-0.1, -0.05) is 23.7 Å². The summed E-state index contributed by atoms with van der Waals surface area (Å²) in [6.07, 6.45) is 0. The maximum absolute atomic E-state index is 11.5. The van der Waals surface area contributed by atoms with Crippen molar-refractivity contribution in [3.63, 3.8) is 0 Å². The number of hydrogen-bond acceptors (Lipinski definition) is 4. The van der Waals surface area contributed by atoms with E-state index in [1.54, 1.807) is 13.0 Å². The van der Waals surface area contributed by atoms with Gasteiger partial charge in [0.1, 0.15) is 17.1 Å². The fourth-order valence-electron chi connectivity index (χ4n) is 2.09. The minimum absolute atomic E-state index is 0.121. The highest BCUT2D eigenvalue weighted by molar-refractivity contribution is 6.30. The summed E-state index contributed by atoms with van der Waals surface area (Å²) in [5.74, 6) is 0.876. The fourth-order valence-corrected chi connectivity index (χ4v) is 2.29. The zero-order valence-electron chi connectivity index (χ0n) is 12.3. The zero-order valence-corrected chi connectivity index (χ0v) is 13.0. The van der Waals surface area contributed by atoms with Crippen molar-refractivity contribution in [3.8, 4) is 0 Å². The van der Waals surface area contributed by atoms with E-state index >= 15 is 0 Å². The van der Waals surface area contributed by atoms with E-state index < -0.39 is 0 Å². The van der Waals surface area contributed by atoms with E-state index in [4.69, 9.17) is 20.8 Å². The summed E-state index contributed by atoms with van der Waals surface area (Å²) in [6, 6.07) is 9.52. The predicted octanol–water partition coefficient (Wildman–Crippen LogP) is 3.88. The van der Waals surface area contributed by atoms with E-state index in [1.165, 1.54) is 7.11 Å². The van der Waals surface area contributed by atoms with Crippen LogP contribution < -0.4 is 5.32 Å². The number of furan rings is 1. The molecule has 1 heterocycles. The van der Waals surface area contributed by atoms with Gasteiger partial charge >= 0.3 is 5.97 Å². The lowest BCUT2D eigenvalue weighted by Gasteiger charge is -2.13. The van der Waals surface area contributed by atoms with Crippen LogP contribution in [0.15, 0.2) is 34.7 Å². The van der Waals surface area contributed by atoms with Crippen LogP contribution >= 0.6 is 11.6 Å². The molecule has 21 heavy (non-hydrogen) atoms. The van der Waals surface area contributed by atoms with Gasteiger partial charge in [0.05, 0.1) is 13.7 Å². The lowest BCUT2D eigenvalue weighted by Crippen LogP contribution is -2.17. The Balaban J connectivity index is 2.01. The summed E-state index contributed by atoms with van der Waals surface area (Å²) in [5.41, 5.74) is 1.56. The number of carbonyl (C=O) groups is 1. The first-order valence-corrected chi connectivity index (χ1v) is 7.05. The normalized spacial score (nSPS) is 12.2. The molecule has 5 heteroatoms. The second-order valence-electron chi connectivity index (χ2n) is 4.83. The standard InChI is InChI=1S/C16H18ClNO3/c1-10(12-5-4-6-13(17)7-12)18-9-14-8-15(11(2)21-14)16(19)20-3/h4-8,10,18H,9H2,1-3H3. The van der Waals surface area contributed by atoms with Crippen molar-refractivity contribution in [3.05, 3.63) is 58.0 Å². The molecule has 0 bridgehead atoms. The minimum atomic E-state index is -0.384. The molecule has 0 radical (unpaired) electrons. The fraction of sp³-hybridized carbons (Fsp3) is 0.312. The number of ether oxygens (including phenoxy) is 1. The molecule has 112 valence electrons. The molecule has 1 unspecified atom stereocenters. The molecule has 1 aromatic heterocycles. The summed E-state index contributed by atoms with van der Waals surface area (Å²) >= 11 is 5.98. The van der Waals surface area contributed by atoms with Crippen molar-refractivity contribution in [2.75, 3.05) is 7.11 Å². The highest BCUT2D eigenvalue weighted by Gasteiger charge is 2.15. The van der Waals surface area contributed by atoms with Gasteiger partial charge in [0.2, 0.25) is 0 Å². The Morgan fingerprint density at radius 3 is 2.86 bits per heavy atom. The van der Waals surface area contributed by atoms with Crippen LogP contribution in [0.4, 0.5) is 0 Å².